The molecule has 2 atom stereocenters. The maximum absolute atomic E-state index is 10.4. The first-order valence-electron chi connectivity index (χ1n) is 6.84. The van der Waals surface area contributed by atoms with E-state index in [0.29, 0.717) is 0 Å². The van der Waals surface area contributed by atoms with Crippen molar-refractivity contribution in [2.24, 2.45) is 0 Å². The minimum atomic E-state index is -1.78. The van der Waals surface area contributed by atoms with Gasteiger partial charge in [0.15, 0.2) is 8.32 Å². The first-order valence-corrected chi connectivity index (χ1v) is 9.75. The van der Waals surface area contributed by atoms with Gasteiger partial charge in [-0.25, -0.2) is 0 Å². The number of hydrogen-bond donors (Lipinski definition) is 1. The van der Waals surface area contributed by atoms with Gasteiger partial charge in [0, 0.05) is 0 Å². The Morgan fingerprint density at radius 3 is 2.00 bits per heavy atom. The zero-order valence-corrected chi connectivity index (χ0v) is 14.1. The van der Waals surface area contributed by atoms with Gasteiger partial charge in [0.1, 0.15) is 0 Å². The number of hydrogen-bond acceptors (Lipinski definition) is 2. The second kappa shape index (κ2) is 5.85. The summed E-state index contributed by atoms with van der Waals surface area (Å²) >= 11 is 0. The molecule has 0 aromatic heterocycles. The highest BCUT2D eigenvalue weighted by Crippen LogP contribution is 2.38. The molecule has 104 valence electrons. The third-order valence-electron chi connectivity index (χ3n) is 4.19. The summed E-state index contributed by atoms with van der Waals surface area (Å²) in [4.78, 5) is 0. The van der Waals surface area contributed by atoms with E-state index in [9.17, 15) is 5.11 Å². The van der Waals surface area contributed by atoms with Crippen LogP contribution in [0, 0.1) is 0 Å². The monoisotopic (exact) mass is 260 g/mol. The molecule has 0 spiro atoms. The summed E-state index contributed by atoms with van der Waals surface area (Å²) in [6.07, 6.45) is 2.90. The molecular formula is C14H32O2Si. The molecule has 0 saturated heterocycles. The molecule has 0 aliphatic rings. The highest BCUT2D eigenvalue weighted by atomic mass is 28.4. The summed E-state index contributed by atoms with van der Waals surface area (Å²) in [6.45, 7) is 17.2. The molecule has 0 heterocycles. The largest absolute Gasteiger partial charge is 0.411 e. The van der Waals surface area contributed by atoms with Crippen molar-refractivity contribution in [3.8, 4) is 0 Å². The zero-order chi connectivity index (χ0) is 13.9. The van der Waals surface area contributed by atoms with Crippen LogP contribution in [0.2, 0.25) is 18.1 Å². The molecule has 0 aliphatic heterocycles. The van der Waals surface area contributed by atoms with Gasteiger partial charge in [0.25, 0.3) is 0 Å². The van der Waals surface area contributed by atoms with E-state index in [0.717, 1.165) is 19.3 Å². The van der Waals surface area contributed by atoms with Crippen LogP contribution in [0.5, 0.6) is 0 Å². The van der Waals surface area contributed by atoms with Gasteiger partial charge in [-0.15, -0.1) is 0 Å². The van der Waals surface area contributed by atoms with E-state index < -0.39 is 13.9 Å². The molecule has 0 saturated carbocycles. The summed E-state index contributed by atoms with van der Waals surface area (Å²) in [5.41, 5.74) is -0.703. The molecule has 0 rings (SSSR count). The molecule has 0 radical (unpaired) electrons. The maximum atomic E-state index is 10.4. The van der Waals surface area contributed by atoms with Crippen molar-refractivity contribution in [2.45, 2.75) is 90.6 Å². The topological polar surface area (TPSA) is 29.5 Å². The van der Waals surface area contributed by atoms with Crippen LogP contribution in [-0.2, 0) is 4.43 Å². The second-order valence-corrected chi connectivity index (χ2v) is 11.7. The van der Waals surface area contributed by atoms with E-state index in [1.54, 1.807) is 0 Å². The van der Waals surface area contributed by atoms with Gasteiger partial charge in [-0.05, 0) is 38.4 Å². The number of unbranched alkanes of at least 4 members (excludes halogenated alkanes) is 1. The van der Waals surface area contributed by atoms with Gasteiger partial charge in [0.2, 0.25) is 0 Å². The third kappa shape index (κ3) is 5.10. The Morgan fingerprint density at radius 1 is 1.18 bits per heavy atom. The van der Waals surface area contributed by atoms with Crippen molar-refractivity contribution in [1.82, 2.24) is 0 Å². The molecule has 0 aromatic rings. The number of rotatable bonds is 6. The first kappa shape index (κ1) is 17.1. The molecule has 0 amide bonds. The molecule has 17 heavy (non-hydrogen) atoms. The molecule has 0 aromatic carbocycles. The summed E-state index contributed by atoms with van der Waals surface area (Å²) in [7, 11) is -1.78. The fourth-order valence-electron chi connectivity index (χ4n) is 1.48. The van der Waals surface area contributed by atoms with E-state index in [1.807, 2.05) is 13.8 Å². The molecular weight excluding hydrogens is 228 g/mol. The van der Waals surface area contributed by atoms with E-state index in [4.69, 9.17) is 4.43 Å². The number of aliphatic hydroxyl groups is 1. The lowest BCUT2D eigenvalue weighted by atomic mass is 9.94. The van der Waals surface area contributed by atoms with Crippen LogP contribution in [0.3, 0.4) is 0 Å². The standard InChI is InChI=1S/C14H32O2Si/c1-9-10-11-14(6,15)12(2)16-17(7,8)13(3,4)5/h12,15H,9-11H2,1-8H3/t12-,14-/m0/s1. The summed E-state index contributed by atoms with van der Waals surface area (Å²) in [5, 5.41) is 10.6. The molecule has 1 N–H and O–H groups in total. The van der Waals surface area contributed by atoms with Gasteiger partial charge in [-0.2, -0.15) is 0 Å². The first-order chi connectivity index (χ1) is 7.44. The quantitative estimate of drug-likeness (QED) is 0.720. The highest BCUT2D eigenvalue weighted by molar-refractivity contribution is 6.74. The lowest BCUT2D eigenvalue weighted by Gasteiger charge is -2.42. The van der Waals surface area contributed by atoms with E-state index in [2.05, 4.69) is 40.8 Å². The Labute approximate surface area is 109 Å². The fraction of sp³-hybridized carbons (Fsp3) is 1.00. The van der Waals surface area contributed by atoms with Crippen molar-refractivity contribution in [3.63, 3.8) is 0 Å². The van der Waals surface area contributed by atoms with Gasteiger partial charge in [-0.1, -0.05) is 40.5 Å². The second-order valence-electron chi connectivity index (χ2n) is 6.98. The predicted octanol–water partition coefficient (Wildman–Crippen LogP) is 4.34. The zero-order valence-electron chi connectivity index (χ0n) is 13.1. The summed E-state index contributed by atoms with van der Waals surface area (Å²) < 4.78 is 6.25. The lowest BCUT2D eigenvalue weighted by molar-refractivity contribution is -0.0519. The smallest absolute Gasteiger partial charge is 0.192 e. The van der Waals surface area contributed by atoms with Crippen molar-refractivity contribution < 1.29 is 9.53 Å². The summed E-state index contributed by atoms with van der Waals surface area (Å²) in [6, 6.07) is 0. The normalized spacial score (nSPS) is 18.9. The molecule has 3 heteroatoms. The van der Waals surface area contributed by atoms with E-state index in [-0.39, 0.29) is 11.1 Å². The molecule has 0 fully saturated rings. The SMILES string of the molecule is CCCC[C@](C)(O)[C@H](C)O[Si](C)(C)C(C)(C)C. The highest BCUT2D eigenvalue weighted by Gasteiger charge is 2.41. The predicted molar refractivity (Wildman–Crippen MR) is 77.9 cm³/mol. The van der Waals surface area contributed by atoms with Crippen LogP contribution in [-0.4, -0.2) is 25.1 Å². The van der Waals surface area contributed by atoms with Gasteiger partial charge in [-0.3, -0.25) is 0 Å². The van der Waals surface area contributed by atoms with Crippen LogP contribution in [0.15, 0.2) is 0 Å². The molecule has 0 unspecified atom stereocenters. The Balaban J connectivity index is 4.57. The van der Waals surface area contributed by atoms with Crippen molar-refractivity contribution in [2.75, 3.05) is 0 Å². The van der Waals surface area contributed by atoms with Gasteiger partial charge >= 0.3 is 0 Å². The Hall–Kier alpha value is 0.137. The van der Waals surface area contributed by atoms with Crippen LogP contribution >= 0.6 is 0 Å². The fourth-order valence-corrected chi connectivity index (χ4v) is 2.97. The minimum Gasteiger partial charge on any atom is -0.411 e. The van der Waals surface area contributed by atoms with E-state index in [1.165, 1.54) is 0 Å². The van der Waals surface area contributed by atoms with Crippen LogP contribution in [0.4, 0.5) is 0 Å². The van der Waals surface area contributed by atoms with Crippen LogP contribution in [0.25, 0.3) is 0 Å². The van der Waals surface area contributed by atoms with Crippen LogP contribution in [0.1, 0.15) is 60.8 Å². The van der Waals surface area contributed by atoms with Crippen LogP contribution < -0.4 is 0 Å². The molecule has 0 aliphatic carbocycles. The Bertz CT molecular complexity index is 229. The van der Waals surface area contributed by atoms with Gasteiger partial charge < -0.3 is 9.53 Å². The van der Waals surface area contributed by atoms with Crippen molar-refractivity contribution in [1.29, 1.82) is 0 Å². The lowest BCUT2D eigenvalue weighted by Crippen LogP contribution is -2.50. The van der Waals surface area contributed by atoms with Gasteiger partial charge in [0.05, 0.1) is 11.7 Å². The van der Waals surface area contributed by atoms with Crippen molar-refractivity contribution in [3.05, 3.63) is 0 Å². The Morgan fingerprint density at radius 2 is 1.65 bits per heavy atom. The maximum Gasteiger partial charge on any atom is 0.192 e. The Kier molecular flexibility index (Phi) is 5.90. The minimum absolute atomic E-state index is 0.0880. The molecule has 0 bridgehead atoms. The molecule has 2 nitrogen and oxygen atoms in total. The average molecular weight is 260 g/mol. The summed E-state index contributed by atoms with van der Waals surface area (Å²) in [5.74, 6) is 0. The van der Waals surface area contributed by atoms with Crippen molar-refractivity contribution >= 4 is 8.32 Å². The van der Waals surface area contributed by atoms with E-state index >= 15 is 0 Å². The third-order valence-corrected chi connectivity index (χ3v) is 8.75. The average Bonchev–Trinajstić information content (AvgIpc) is 2.12.